The molecule has 2 heterocycles. The second-order valence-electron chi connectivity index (χ2n) is 7.00. The molecule has 0 aromatic heterocycles. The highest BCUT2D eigenvalue weighted by Gasteiger charge is 2.31. The second-order valence-corrected chi connectivity index (χ2v) is 7.00. The molecule has 26 heavy (non-hydrogen) atoms. The summed E-state index contributed by atoms with van der Waals surface area (Å²) >= 11 is 0. The molecule has 4 rings (SSSR count). The molecule has 0 unspecified atom stereocenters. The molecular formula is C21H24N2O3. The first-order valence-corrected chi connectivity index (χ1v) is 9.11. The van der Waals surface area contributed by atoms with Gasteiger partial charge in [0.25, 0.3) is 5.91 Å². The lowest BCUT2D eigenvalue weighted by molar-refractivity contribution is 0.0735. The van der Waals surface area contributed by atoms with E-state index in [0.717, 1.165) is 47.7 Å². The topological polar surface area (TPSA) is 42.0 Å². The van der Waals surface area contributed by atoms with Crippen molar-refractivity contribution in [3.05, 3.63) is 53.6 Å². The van der Waals surface area contributed by atoms with Crippen LogP contribution in [0, 0.1) is 0 Å². The molecule has 5 nitrogen and oxygen atoms in total. The third-order valence-electron chi connectivity index (χ3n) is 5.07. The summed E-state index contributed by atoms with van der Waals surface area (Å²) in [5, 5.41) is 0. The molecule has 0 aliphatic carbocycles. The number of hydrogen-bond donors (Lipinski definition) is 0. The largest absolute Gasteiger partial charge is 0.486 e. The summed E-state index contributed by atoms with van der Waals surface area (Å²) in [6, 6.07) is 13.9. The smallest absolute Gasteiger partial charge is 0.254 e. The monoisotopic (exact) mass is 352 g/mol. The van der Waals surface area contributed by atoms with Crippen LogP contribution in [0.5, 0.6) is 11.5 Å². The van der Waals surface area contributed by atoms with E-state index in [4.69, 9.17) is 9.47 Å². The van der Waals surface area contributed by atoms with Crippen LogP contribution in [0.2, 0.25) is 0 Å². The average Bonchev–Trinajstić information content (AvgIpc) is 3.17. The summed E-state index contributed by atoms with van der Waals surface area (Å²) in [5.41, 5.74) is 2.88. The van der Waals surface area contributed by atoms with Crippen LogP contribution in [0.25, 0.3) is 0 Å². The number of ether oxygens (including phenoxy) is 2. The second kappa shape index (κ2) is 6.90. The van der Waals surface area contributed by atoms with E-state index in [-0.39, 0.29) is 11.9 Å². The maximum absolute atomic E-state index is 13.1. The van der Waals surface area contributed by atoms with Gasteiger partial charge in [-0.1, -0.05) is 12.1 Å². The Balaban J connectivity index is 1.60. The normalized spacial score (nSPS) is 18.7. The Morgan fingerprint density at radius 3 is 2.69 bits per heavy atom. The lowest BCUT2D eigenvalue weighted by Gasteiger charge is -2.27. The van der Waals surface area contributed by atoms with Crippen LogP contribution in [-0.4, -0.2) is 44.7 Å². The summed E-state index contributed by atoms with van der Waals surface area (Å²) in [6.07, 6.45) is 1.98. The molecule has 136 valence electrons. The van der Waals surface area contributed by atoms with E-state index in [1.165, 1.54) is 0 Å². The number of nitrogens with zero attached hydrogens (tertiary/aromatic N) is 2. The number of likely N-dealkylation sites (tertiary alicyclic amines) is 1. The van der Waals surface area contributed by atoms with Crippen molar-refractivity contribution in [1.82, 2.24) is 4.90 Å². The molecule has 5 heteroatoms. The summed E-state index contributed by atoms with van der Waals surface area (Å²) in [6.45, 7) is 1.94. The number of anilines is 1. The predicted octanol–water partition coefficient (Wildman–Crippen LogP) is 3.50. The fourth-order valence-electron chi connectivity index (χ4n) is 3.71. The molecule has 0 radical (unpaired) electrons. The molecule has 1 fully saturated rings. The minimum Gasteiger partial charge on any atom is -0.486 e. The molecule has 2 aliphatic heterocycles. The molecule has 2 aromatic carbocycles. The van der Waals surface area contributed by atoms with Gasteiger partial charge in [-0.05, 0) is 48.7 Å². The summed E-state index contributed by atoms with van der Waals surface area (Å²) in [7, 11) is 3.97. The highest BCUT2D eigenvalue weighted by Crippen LogP contribution is 2.38. The van der Waals surface area contributed by atoms with Gasteiger partial charge in [0, 0.05) is 31.9 Å². The zero-order chi connectivity index (χ0) is 18.1. The van der Waals surface area contributed by atoms with Crippen LogP contribution >= 0.6 is 0 Å². The van der Waals surface area contributed by atoms with E-state index >= 15 is 0 Å². The van der Waals surface area contributed by atoms with Crippen LogP contribution in [0.1, 0.15) is 34.8 Å². The quantitative estimate of drug-likeness (QED) is 0.848. The van der Waals surface area contributed by atoms with E-state index in [1.54, 1.807) is 0 Å². The Labute approximate surface area is 154 Å². The van der Waals surface area contributed by atoms with Gasteiger partial charge in [-0.3, -0.25) is 4.79 Å². The van der Waals surface area contributed by atoms with Crippen molar-refractivity contribution in [3.8, 4) is 11.5 Å². The Kier molecular flexibility index (Phi) is 4.45. The third kappa shape index (κ3) is 3.09. The van der Waals surface area contributed by atoms with Gasteiger partial charge in [-0.15, -0.1) is 0 Å². The molecule has 2 aromatic rings. The molecular weight excluding hydrogens is 328 g/mol. The van der Waals surface area contributed by atoms with Crippen LogP contribution in [0.15, 0.2) is 42.5 Å². The van der Waals surface area contributed by atoms with Gasteiger partial charge >= 0.3 is 0 Å². The van der Waals surface area contributed by atoms with Crippen molar-refractivity contribution >= 4 is 11.6 Å². The Morgan fingerprint density at radius 2 is 1.88 bits per heavy atom. The van der Waals surface area contributed by atoms with E-state index in [0.29, 0.717) is 13.2 Å². The van der Waals surface area contributed by atoms with Crippen LogP contribution in [0.3, 0.4) is 0 Å². The molecule has 1 atom stereocenters. The van der Waals surface area contributed by atoms with Crippen molar-refractivity contribution < 1.29 is 14.3 Å². The Bertz CT molecular complexity index is 819. The van der Waals surface area contributed by atoms with Gasteiger partial charge in [0.05, 0.1) is 6.04 Å². The van der Waals surface area contributed by atoms with Crippen molar-refractivity contribution in [3.63, 3.8) is 0 Å². The van der Waals surface area contributed by atoms with Crippen molar-refractivity contribution in [2.24, 2.45) is 0 Å². The fraction of sp³-hybridized carbons (Fsp3) is 0.381. The zero-order valence-electron chi connectivity index (χ0n) is 15.3. The third-order valence-corrected chi connectivity index (χ3v) is 5.07. The van der Waals surface area contributed by atoms with E-state index in [9.17, 15) is 4.79 Å². The number of carbonyl (C=O) groups excluding carboxylic acids is 1. The lowest BCUT2D eigenvalue weighted by atomic mass is 10.0. The van der Waals surface area contributed by atoms with E-state index in [1.807, 2.05) is 60.3 Å². The maximum atomic E-state index is 13.1. The standard InChI is InChI=1S/C21H24N2O3/c1-22(2)17-6-3-5-16(13-17)21(24)23-10-4-7-18(23)15-8-9-19-20(14-15)26-12-11-25-19/h3,5-6,8-9,13-14,18H,4,7,10-12H2,1-2H3/t18-/m0/s1. The molecule has 0 bridgehead atoms. The van der Waals surface area contributed by atoms with Crippen LogP contribution in [0.4, 0.5) is 5.69 Å². The van der Waals surface area contributed by atoms with E-state index in [2.05, 4.69) is 6.07 Å². The summed E-state index contributed by atoms with van der Waals surface area (Å²) in [5.74, 6) is 1.66. The maximum Gasteiger partial charge on any atom is 0.254 e. The molecule has 0 saturated carbocycles. The van der Waals surface area contributed by atoms with E-state index < -0.39 is 0 Å². The number of benzene rings is 2. The lowest BCUT2D eigenvalue weighted by Crippen LogP contribution is -2.30. The Morgan fingerprint density at radius 1 is 1.08 bits per heavy atom. The number of carbonyl (C=O) groups is 1. The molecule has 0 spiro atoms. The average molecular weight is 352 g/mol. The predicted molar refractivity (Wildman–Crippen MR) is 101 cm³/mol. The molecule has 1 amide bonds. The highest BCUT2D eigenvalue weighted by atomic mass is 16.6. The van der Waals surface area contributed by atoms with Gasteiger partial charge < -0.3 is 19.3 Å². The van der Waals surface area contributed by atoms with Crippen molar-refractivity contribution in [1.29, 1.82) is 0 Å². The van der Waals surface area contributed by atoms with Crippen LogP contribution < -0.4 is 14.4 Å². The van der Waals surface area contributed by atoms with Gasteiger partial charge in [0.15, 0.2) is 11.5 Å². The van der Waals surface area contributed by atoms with Crippen molar-refractivity contribution in [2.45, 2.75) is 18.9 Å². The highest BCUT2D eigenvalue weighted by molar-refractivity contribution is 5.95. The molecule has 2 aliphatic rings. The first kappa shape index (κ1) is 16.8. The molecule has 0 N–H and O–H groups in total. The minimum absolute atomic E-state index is 0.0846. The summed E-state index contributed by atoms with van der Waals surface area (Å²) in [4.78, 5) is 17.1. The van der Waals surface area contributed by atoms with Crippen molar-refractivity contribution in [2.75, 3.05) is 38.8 Å². The molecule has 1 saturated heterocycles. The first-order chi connectivity index (χ1) is 12.6. The van der Waals surface area contributed by atoms with Gasteiger partial charge in [0.2, 0.25) is 0 Å². The number of amides is 1. The fourth-order valence-corrected chi connectivity index (χ4v) is 3.71. The number of hydrogen-bond acceptors (Lipinski definition) is 4. The zero-order valence-corrected chi connectivity index (χ0v) is 15.3. The van der Waals surface area contributed by atoms with Gasteiger partial charge in [0.1, 0.15) is 13.2 Å². The van der Waals surface area contributed by atoms with Gasteiger partial charge in [-0.2, -0.15) is 0 Å². The SMILES string of the molecule is CN(C)c1cccc(C(=O)N2CCC[C@H]2c2ccc3c(c2)OCCO3)c1. The first-order valence-electron chi connectivity index (χ1n) is 9.11. The number of fused-ring (bicyclic) bond motifs is 1. The summed E-state index contributed by atoms with van der Waals surface area (Å²) < 4.78 is 11.3. The van der Waals surface area contributed by atoms with Gasteiger partial charge in [-0.25, -0.2) is 0 Å². The Hall–Kier alpha value is -2.69. The number of rotatable bonds is 3. The van der Waals surface area contributed by atoms with Crippen LogP contribution in [-0.2, 0) is 0 Å². The minimum atomic E-state index is 0.0846.